The molecule has 134 valence electrons. The molecule has 1 saturated heterocycles. The number of carbonyl (C=O) groups excluding carboxylic acids is 1. The Bertz CT molecular complexity index is 553. The van der Waals surface area contributed by atoms with Crippen LogP contribution in [0.25, 0.3) is 0 Å². The number of nitrogens with zero attached hydrogens (tertiary/aromatic N) is 2. The number of thioether (sulfide) groups is 1. The number of piperidine rings is 1. The number of carboxylic acid groups (broad SMARTS) is 1. The van der Waals surface area contributed by atoms with Crippen LogP contribution in [0, 0.1) is 0 Å². The Hall–Kier alpha value is -1.94. The van der Waals surface area contributed by atoms with Crippen molar-refractivity contribution in [2.24, 2.45) is 4.99 Å². The van der Waals surface area contributed by atoms with Crippen LogP contribution in [0.4, 0.5) is 4.79 Å². The molecular weight excluding hydrogens is 332 g/mol. The zero-order chi connectivity index (χ0) is 17.7. The van der Waals surface area contributed by atoms with Gasteiger partial charge in [0.15, 0.2) is 0 Å². The third kappa shape index (κ3) is 4.54. The molecule has 10 heteroatoms. The molecule has 0 spiro atoms. The van der Waals surface area contributed by atoms with E-state index in [4.69, 9.17) is 10.1 Å². The van der Waals surface area contributed by atoms with Crippen LogP contribution in [0.5, 0.6) is 0 Å². The Kier molecular flexibility index (Phi) is 5.94. The van der Waals surface area contributed by atoms with Crippen molar-refractivity contribution in [3.63, 3.8) is 0 Å². The maximum atomic E-state index is 11.4. The molecule has 2 amide bonds. The molecular formula is C14H24N6O3S. The highest BCUT2D eigenvalue weighted by atomic mass is 32.2. The van der Waals surface area contributed by atoms with E-state index in [0.717, 1.165) is 5.84 Å². The number of amides is 2. The zero-order valence-corrected chi connectivity index (χ0v) is 14.9. The van der Waals surface area contributed by atoms with Crippen LogP contribution in [0.1, 0.15) is 19.8 Å². The van der Waals surface area contributed by atoms with E-state index in [-0.39, 0.29) is 11.9 Å². The quantitative estimate of drug-likeness (QED) is 0.446. The van der Waals surface area contributed by atoms with E-state index in [1.54, 1.807) is 13.1 Å². The number of hydrogen-bond donors (Lipinski definition) is 5. The molecule has 1 fully saturated rings. The van der Waals surface area contributed by atoms with Gasteiger partial charge in [0.2, 0.25) is 11.0 Å². The van der Waals surface area contributed by atoms with E-state index < -0.39 is 11.2 Å². The number of carbonyl (C=O) groups is 2. The molecule has 0 saturated carbocycles. The molecule has 0 aromatic carbocycles. The maximum absolute atomic E-state index is 11.4. The third-order valence-corrected chi connectivity index (χ3v) is 4.93. The normalized spacial score (nSPS) is 24.5. The summed E-state index contributed by atoms with van der Waals surface area (Å²) < 4.78 is 0. The Morgan fingerprint density at radius 2 is 2.12 bits per heavy atom. The van der Waals surface area contributed by atoms with Crippen molar-refractivity contribution in [3.05, 3.63) is 11.9 Å². The van der Waals surface area contributed by atoms with Gasteiger partial charge in [-0.05, 0) is 26.1 Å². The summed E-state index contributed by atoms with van der Waals surface area (Å²) in [5.41, 5.74) is 0. The van der Waals surface area contributed by atoms with Crippen LogP contribution in [0.15, 0.2) is 16.9 Å². The first-order valence-corrected chi connectivity index (χ1v) is 8.95. The highest BCUT2D eigenvalue weighted by molar-refractivity contribution is 7.99. The van der Waals surface area contributed by atoms with E-state index in [1.165, 1.54) is 18.7 Å². The van der Waals surface area contributed by atoms with Gasteiger partial charge in [0.05, 0.1) is 0 Å². The van der Waals surface area contributed by atoms with Gasteiger partial charge in [0.1, 0.15) is 11.7 Å². The summed E-state index contributed by atoms with van der Waals surface area (Å²) in [6.07, 6.45) is 4.17. The molecule has 0 bridgehead atoms. The molecule has 9 nitrogen and oxygen atoms in total. The number of aliphatic imine (C=N–C) groups is 1. The topological polar surface area (TPSA) is 118 Å². The average molecular weight is 356 g/mol. The van der Waals surface area contributed by atoms with Crippen LogP contribution in [0.2, 0.25) is 0 Å². The van der Waals surface area contributed by atoms with Gasteiger partial charge in [-0.3, -0.25) is 10.1 Å². The lowest BCUT2D eigenvalue weighted by Gasteiger charge is -2.39. The Labute approximate surface area is 145 Å². The zero-order valence-electron chi connectivity index (χ0n) is 14.0. The van der Waals surface area contributed by atoms with Crippen molar-refractivity contribution in [2.45, 2.75) is 30.9 Å². The lowest BCUT2D eigenvalue weighted by atomic mass is 10.1. The summed E-state index contributed by atoms with van der Waals surface area (Å²) in [5, 5.41) is 19.7. The fourth-order valence-electron chi connectivity index (χ4n) is 2.73. The summed E-state index contributed by atoms with van der Waals surface area (Å²) in [5.74, 6) is 1.18. The van der Waals surface area contributed by atoms with Crippen molar-refractivity contribution in [1.82, 2.24) is 26.2 Å². The van der Waals surface area contributed by atoms with Gasteiger partial charge < -0.3 is 26.0 Å². The molecule has 0 radical (unpaired) electrons. The molecule has 0 aliphatic carbocycles. The Balaban J connectivity index is 2.13. The molecule has 1 unspecified atom stereocenters. The second-order valence-electron chi connectivity index (χ2n) is 5.64. The summed E-state index contributed by atoms with van der Waals surface area (Å²) in [6, 6.07) is -0.0329. The standard InChI is InChI=1S/C14H24N6O3S/c1-9(21)16-11-8-12(19-14(15-2,18-11)24-3)20-6-4-10(5-7-20)17-13(22)23/h8,10,15,17-18H,4-7H2,1-3H3,(H,16,21)(H,22,23). The molecule has 24 heavy (non-hydrogen) atoms. The number of rotatable bonds is 4. The summed E-state index contributed by atoms with van der Waals surface area (Å²) in [4.78, 5) is 29.0. The molecule has 2 aliphatic heterocycles. The molecule has 1 atom stereocenters. The predicted molar refractivity (Wildman–Crippen MR) is 93.5 cm³/mol. The van der Waals surface area contributed by atoms with Crippen molar-refractivity contribution >= 4 is 29.6 Å². The molecule has 0 aromatic heterocycles. The van der Waals surface area contributed by atoms with Crippen molar-refractivity contribution < 1.29 is 14.7 Å². The first-order valence-electron chi connectivity index (χ1n) is 7.73. The number of amidine groups is 1. The van der Waals surface area contributed by atoms with Crippen LogP contribution in [-0.4, -0.2) is 65.4 Å². The Morgan fingerprint density at radius 1 is 1.46 bits per heavy atom. The first kappa shape index (κ1) is 18.4. The minimum atomic E-state index is -0.989. The van der Waals surface area contributed by atoms with E-state index in [1.807, 2.05) is 6.26 Å². The fourth-order valence-corrected chi connectivity index (χ4v) is 3.33. The fraction of sp³-hybridized carbons (Fsp3) is 0.643. The van der Waals surface area contributed by atoms with Gasteiger partial charge in [-0.15, -0.1) is 0 Å². The third-order valence-electron chi connectivity index (χ3n) is 3.94. The average Bonchev–Trinajstić information content (AvgIpc) is 2.54. The lowest BCUT2D eigenvalue weighted by Crippen LogP contribution is -2.57. The predicted octanol–water partition coefficient (Wildman–Crippen LogP) is -0.109. The minimum Gasteiger partial charge on any atom is -0.465 e. The second-order valence-corrected chi connectivity index (χ2v) is 6.64. The van der Waals surface area contributed by atoms with E-state index in [0.29, 0.717) is 31.8 Å². The maximum Gasteiger partial charge on any atom is 0.404 e. The van der Waals surface area contributed by atoms with Gasteiger partial charge in [0.25, 0.3) is 0 Å². The Morgan fingerprint density at radius 3 is 2.62 bits per heavy atom. The number of hydrogen-bond acceptors (Lipinski definition) is 7. The van der Waals surface area contributed by atoms with Crippen molar-refractivity contribution in [1.29, 1.82) is 0 Å². The first-order chi connectivity index (χ1) is 11.4. The summed E-state index contributed by atoms with van der Waals surface area (Å²) in [7, 11) is 1.80. The van der Waals surface area contributed by atoms with Crippen LogP contribution in [0.3, 0.4) is 0 Å². The van der Waals surface area contributed by atoms with Crippen LogP contribution >= 0.6 is 11.8 Å². The highest BCUT2D eigenvalue weighted by Gasteiger charge is 2.33. The van der Waals surface area contributed by atoms with Crippen molar-refractivity contribution in [2.75, 3.05) is 26.4 Å². The minimum absolute atomic E-state index is 0.0329. The molecule has 5 N–H and O–H groups in total. The van der Waals surface area contributed by atoms with Gasteiger partial charge in [-0.2, -0.15) is 0 Å². The second kappa shape index (κ2) is 7.75. The van der Waals surface area contributed by atoms with Crippen LogP contribution < -0.4 is 21.3 Å². The lowest BCUT2D eigenvalue weighted by molar-refractivity contribution is -0.118. The van der Waals surface area contributed by atoms with Crippen molar-refractivity contribution in [3.8, 4) is 0 Å². The van der Waals surface area contributed by atoms with Gasteiger partial charge in [-0.1, -0.05) is 11.8 Å². The van der Waals surface area contributed by atoms with Crippen LogP contribution in [-0.2, 0) is 4.79 Å². The van der Waals surface area contributed by atoms with Gasteiger partial charge >= 0.3 is 6.09 Å². The molecule has 2 aliphatic rings. The molecule has 2 heterocycles. The number of nitrogens with one attached hydrogen (secondary N) is 4. The smallest absolute Gasteiger partial charge is 0.404 e. The highest BCUT2D eigenvalue weighted by Crippen LogP contribution is 2.24. The SMILES string of the molecule is CNC1(SC)N=C(N2CCC(NC(=O)O)CC2)C=C(NC(C)=O)N1. The monoisotopic (exact) mass is 356 g/mol. The van der Waals surface area contributed by atoms with E-state index >= 15 is 0 Å². The summed E-state index contributed by atoms with van der Waals surface area (Å²) >= 11 is 1.48. The van der Waals surface area contributed by atoms with E-state index in [2.05, 4.69) is 26.2 Å². The number of likely N-dealkylation sites (tertiary alicyclic amines) is 1. The van der Waals surface area contributed by atoms with Gasteiger partial charge in [-0.25, -0.2) is 9.79 Å². The van der Waals surface area contributed by atoms with Gasteiger partial charge in [0, 0.05) is 32.1 Å². The summed E-state index contributed by atoms with van der Waals surface area (Å²) in [6.45, 7) is 2.85. The van der Waals surface area contributed by atoms with E-state index in [9.17, 15) is 9.59 Å². The largest absolute Gasteiger partial charge is 0.465 e. The molecule has 2 rings (SSSR count). The molecule has 0 aromatic rings.